The number of nitriles is 1. The Kier molecular flexibility index (Phi) is 6.33. The van der Waals surface area contributed by atoms with Crippen molar-refractivity contribution in [3.05, 3.63) is 70.0 Å². The first kappa shape index (κ1) is 22.7. The van der Waals surface area contributed by atoms with Gasteiger partial charge in [-0.25, -0.2) is 4.98 Å². The third kappa shape index (κ3) is 5.39. The highest BCUT2D eigenvalue weighted by Crippen LogP contribution is 2.42. The number of alkyl halides is 6. The summed E-state index contributed by atoms with van der Waals surface area (Å²) in [7, 11) is 0. The summed E-state index contributed by atoms with van der Waals surface area (Å²) in [5, 5.41) is 8.89. The zero-order valence-corrected chi connectivity index (χ0v) is 16.6. The van der Waals surface area contributed by atoms with E-state index < -0.39 is 24.2 Å². The van der Waals surface area contributed by atoms with E-state index in [1.807, 2.05) is 6.07 Å². The van der Waals surface area contributed by atoms with Crippen molar-refractivity contribution in [1.29, 1.82) is 5.26 Å². The van der Waals surface area contributed by atoms with Crippen LogP contribution in [0.5, 0.6) is 0 Å². The molecule has 0 fully saturated rings. The average molecular weight is 457 g/mol. The second-order valence-electron chi connectivity index (χ2n) is 6.44. The first-order chi connectivity index (χ1) is 14.5. The minimum absolute atomic E-state index is 0.0575. The Morgan fingerprint density at radius 1 is 1.06 bits per heavy atom. The molecule has 1 aromatic carbocycles. The number of halogens is 6. The van der Waals surface area contributed by atoms with Gasteiger partial charge in [-0.05, 0) is 36.8 Å². The number of aromatic nitrogens is 2. The molecule has 3 rings (SSSR count). The van der Waals surface area contributed by atoms with E-state index in [9.17, 15) is 26.3 Å². The second kappa shape index (κ2) is 8.64. The van der Waals surface area contributed by atoms with Crippen molar-refractivity contribution in [3.8, 4) is 16.6 Å². The molecule has 0 radical (unpaired) electrons. The molecule has 1 unspecified atom stereocenters. The summed E-state index contributed by atoms with van der Waals surface area (Å²) in [6.07, 6.45) is -10.7. The Morgan fingerprint density at radius 2 is 1.74 bits per heavy atom. The number of pyridine rings is 1. The highest BCUT2D eigenvalue weighted by atomic mass is 32.1. The highest BCUT2D eigenvalue weighted by molar-refractivity contribution is 7.15. The molecule has 1 atom stereocenters. The molecular weight excluding hydrogens is 444 g/mol. The van der Waals surface area contributed by atoms with E-state index in [-0.39, 0.29) is 27.7 Å². The van der Waals surface area contributed by atoms with Crippen molar-refractivity contribution < 1.29 is 31.1 Å². The maximum atomic E-state index is 13.7. The van der Waals surface area contributed by atoms with Crippen molar-refractivity contribution in [1.82, 2.24) is 9.97 Å². The SMILES string of the molecule is Cc1nc(-c2ccc(C(F)(F)F)nc2)sc1C(OCc1ccc(C#N)cc1)C(F)(F)F. The molecule has 162 valence electrons. The predicted molar refractivity (Wildman–Crippen MR) is 99.8 cm³/mol. The van der Waals surface area contributed by atoms with E-state index in [1.165, 1.54) is 31.2 Å². The molecule has 0 bridgehead atoms. The predicted octanol–water partition coefficient (Wildman–Crippen LogP) is 6.22. The normalized spacial score (nSPS) is 13.1. The molecule has 0 saturated carbocycles. The number of nitrogens with zero attached hydrogens (tertiary/aromatic N) is 3. The van der Waals surface area contributed by atoms with Crippen molar-refractivity contribution >= 4 is 11.3 Å². The van der Waals surface area contributed by atoms with Crippen LogP contribution in [0.2, 0.25) is 0 Å². The lowest BCUT2D eigenvalue weighted by Gasteiger charge is -2.20. The Balaban J connectivity index is 1.85. The van der Waals surface area contributed by atoms with Crippen LogP contribution in [0.3, 0.4) is 0 Å². The van der Waals surface area contributed by atoms with Crippen LogP contribution in [0.1, 0.15) is 33.5 Å². The Bertz CT molecular complexity index is 1080. The van der Waals surface area contributed by atoms with Crippen molar-refractivity contribution in [2.75, 3.05) is 0 Å². The van der Waals surface area contributed by atoms with Crippen LogP contribution in [0.4, 0.5) is 26.3 Å². The summed E-state index contributed by atoms with van der Waals surface area (Å²) in [5.74, 6) is 0. The van der Waals surface area contributed by atoms with Gasteiger partial charge < -0.3 is 4.74 Å². The largest absolute Gasteiger partial charge is 0.433 e. The van der Waals surface area contributed by atoms with E-state index >= 15 is 0 Å². The van der Waals surface area contributed by atoms with Gasteiger partial charge in [-0.15, -0.1) is 11.3 Å². The van der Waals surface area contributed by atoms with Gasteiger partial charge in [-0.1, -0.05) is 12.1 Å². The van der Waals surface area contributed by atoms with E-state index in [0.29, 0.717) is 22.5 Å². The molecule has 11 heteroatoms. The second-order valence-corrected chi connectivity index (χ2v) is 7.47. The van der Waals surface area contributed by atoms with Gasteiger partial charge in [0, 0.05) is 11.8 Å². The number of ether oxygens (including phenoxy) is 1. The number of hydrogen-bond donors (Lipinski definition) is 0. The smallest absolute Gasteiger partial charge is 0.358 e. The van der Waals surface area contributed by atoms with Gasteiger partial charge in [0.15, 0.2) is 6.10 Å². The standard InChI is InChI=1S/C20H13F6N3OS/c1-11-16(31-18(29-11)14-6-7-15(28-9-14)19(21,22)23)17(20(24,25)26)30-10-13-4-2-12(8-27)3-5-13/h2-7,9,17H,10H2,1H3. The summed E-state index contributed by atoms with van der Waals surface area (Å²) in [5.41, 5.74) is -0.0714. The van der Waals surface area contributed by atoms with Crippen LogP contribution in [0.15, 0.2) is 42.6 Å². The molecule has 2 aromatic heterocycles. The average Bonchev–Trinajstić information content (AvgIpc) is 3.08. The lowest BCUT2D eigenvalue weighted by atomic mass is 10.1. The minimum Gasteiger partial charge on any atom is -0.358 e. The lowest BCUT2D eigenvalue weighted by molar-refractivity contribution is -0.226. The maximum absolute atomic E-state index is 13.7. The molecule has 0 spiro atoms. The molecule has 0 N–H and O–H groups in total. The van der Waals surface area contributed by atoms with Crippen LogP contribution in [-0.4, -0.2) is 16.1 Å². The Morgan fingerprint density at radius 3 is 2.26 bits per heavy atom. The third-order valence-electron chi connectivity index (χ3n) is 4.17. The monoisotopic (exact) mass is 457 g/mol. The third-order valence-corrected chi connectivity index (χ3v) is 5.42. The fourth-order valence-corrected chi connectivity index (χ4v) is 3.77. The van der Waals surface area contributed by atoms with Gasteiger partial charge >= 0.3 is 12.4 Å². The molecule has 3 aromatic rings. The van der Waals surface area contributed by atoms with Gasteiger partial charge in [0.2, 0.25) is 0 Å². The van der Waals surface area contributed by atoms with Crippen LogP contribution in [-0.2, 0) is 17.5 Å². The van der Waals surface area contributed by atoms with Crippen molar-refractivity contribution in [2.45, 2.75) is 32.0 Å². The van der Waals surface area contributed by atoms with Gasteiger partial charge in [-0.3, -0.25) is 4.98 Å². The number of rotatable bonds is 5. The zero-order valence-electron chi connectivity index (χ0n) is 15.8. The lowest BCUT2D eigenvalue weighted by Crippen LogP contribution is -2.23. The van der Waals surface area contributed by atoms with E-state index in [1.54, 1.807) is 0 Å². The number of aryl methyl sites for hydroxylation is 1. The van der Waals surface area contributed by atoms with Crippen LogP contribution in [0, 0.1) is 18.3 Å². The molecular formula is C20H13F6N3OS. The minimum atomic E-state index is -4.74. The topological polar surface area (TPSA) is 58.8 Å². The first-order valence-electron chi connectivity index (χ1n) is 8.67. The van der Waals surface area contributed by atoms with Crippen LogP contribution < -0.4 is 0 Å². The summed E-state index contributed by atoms with van der Waals surface area (Å²) in [4.78, 5) is 7.18. The van der Waals surface area contributed by atoms with Gasteiger partial charge in [0.1, 0.15) is 10.7 Å². The number of thiazole rings is 1. The van der Waals surface area contributed by atoms with Crippen LogP contribution >= 0.6 is 11.3 Å². The molecule has 0 aliphatic carbocycles. The fraction of sp³-hybridized carbons (Fsp3) is 0.250. The van der Waals surface area contributed by atoms with E-state index in [2.05, 4.69) is 9.97 Å². The summed E-state index contributed by atoms with van der Waals surface area (Å²) >= 11 is 0.682. The molecule has 31 heavy (non-hydrogen) atoms. The highest BCUT2D eigenvalue weighted by Gasteiger charge is 2.44. The number of benzene rings is 1. The quantitative estimate of drug-likeness (QED) is 0.427. The molecule has 0 aliphatic heterocycles. The molecule has 0 aliphatic rings. The number of hydrogen-bond acceptors (Lipinski definition) is 5. The van der Waals surface area contributed by atoms with E-state index in [0.717, 1.165) is 18.3 Å². The van der Waals surface area contributed by atoms with E-state index in [4.69, 9.17) is 10.00 Å². The van der Waals surface area contributed by atoms with Gasteiger partial charge in [-0.2, -0.15) is 31.6 Å². The summed E-state index contributed by atoms with van der Waals surface area (Å²) in [6, 6.07) is 9.68. The maximum Gasteiger partial charge on any atom is 0.433 e. The zero-order chi connectivity index (χ0) is 22.8. The van der Waals surface area contributed by atoms with Crippen molar-refractivity contribution in [2.24, 2.45) is 0 Å². The van der Waals surface area contributed by atoms with Gasteiger partial charge in [0.05, 0.1) is 28.8 Å². The molecule has 0 saturated heterocycles. The molecule has 4 nitrogen and oxygen atoms in total. The molecule has 0 amide bonds. The summed E-state index contributed by atoms with van der Waals surface area (Å²) in [6.45, 7) is 1.01. The first-order valence-corrected chi connectivity index (χ1v) is 9.49. The van der Waals surface area contributed by atoms with Crippen molar-refractivity contribution in [3.63, 3.8) is 0 Å². The Labute approximate surface area is 176 Å². The van der Waals surface area contributed by atoms with Gasteiger partial charge in [0.25, 0.3) is 0 Å². The molecule has 2 heterocycles. The summed E-state index contributed by atoms with van der Waals surface area (Å²) < 4.78 is 84.2. The fourth-order valence-electron chi connectivity index (χ4n) is 2.64. The Hall–Kier alpha value is -2.97. The van der Waals surface area contributed by atoms with Crippen LogP contribution in [0.25, 0.3) is 10.6 Å².